The minimum atomic E-state index is -0.308. The van der Waals surface area contributed by atoms with E-state index in [1.54, 1.807) is 35.2 Å². The van der Waals surface area contributed by atoms with E-state index >= 15 is 0 Å². The number of nitrogens with one attached hydrogen (secondary N) is 1. The number of hydrogen-bond donors (Lipinski definition) is 1. The predicted molar refractivity (Wildman–Crippen MR) is 103 cm³/mol. The third kappa shape index (κ3) is 5.51. The predicted octanol–water partition coefficient (Wildman–Crippen LogP) is 3.78. The molecule has 0 spiro atoms. The summed E-state index contributed by atoms with van der Waals surface area (Å²) in [6.45, 7) is 2.77. The summed E-state index contributed by atoms with van der Waals surface area (Å²) >= 11 is 0. The fraction of sp³-hybridized carbons (Fsp3) is 0.273. The van der Waals surface area contributed by atoms with Gasteiger partial charge in [-0.05, 0) is 61.2 Å². The lowest BCUT2D eigenvalue weighted by Crippen LogP contribution is -2.28. The molecule has 0 aromatic heterocycles. The monoisotopic (exact) mass is 366 g/mol. The smallest absolute Gasteiger partial charge is 0.251 e. The van der Waals surface area contributed by atoms with Crippen LogP contribution < -0.4 is 5.32 Å². The highest BCUT2D eigenvalue weighted by molar-refractivity contribution is 5.95. The second kappa shape index (κ2) is 8.62. The highest BCUT2D eigenvalue weighted by Gasteiger charge is 2.23. The van der Waals surface area contributed by atoms with Crippen molar-refractivity contribution in [3.05, 3.63) is 77.1 Å². The molecule has 2 aromatic carbocycles. The standard InChI is InChI=1S/C22H23FN2O2/c1-2-25(15-17-4-3-5-19(23)14-17)21(26)13-8-16-6-9-18(10-7-16)22(27)24-20-11-12-20/h3-10,13-14,20H,2,11-12,15H2,1H3,(H,24,27)/b13-8+. The Hall–Kier alpha value is -2.95. The number of carbonyl (C=O) groups is 2. The van der Waals surface area contributed by atoms with Gasteiger partial charge >= 0.3 is 0 Å². The Morgan fingerprint density at radius 3 is 2.56 bits per heavy atom. The zero-order valence-corrected chi connectivity index (χ0v) is 15.3. The maximum atomic E-state index is 13.3. The van der Waals surface area contributed by atoms with Gasteiger partial charge in [0, 0.05) is 30.8 Å². The topological polar surface area (TPSA) is 49.4 Å². The molecule has 1 N–H and O–H groups in total. The molecule has 0 atom stereocenters. The SMILES string of the molecule is CCN(Cc1cccc(F)c1)C(=O)/C=C/c1ccc(C(=O)NC2CC2)cc1. The molecule has 1 aliphatic carbocycles. The number of likely N-dealkylation sites (N-methyl/N-ethyl adjacent to an activating group) is 1. The van der Waals surface area contributed by atoms with E-state index in [0.717, 1.165) is 24.0 Å². The lowest BCUT2D eigenvalue weighted by Gasteiger charge is -2.19. The van der Waals surface area contributed by atoms with Crippen molar-refractivity contribution in [1.82, 2.24) is 10.2 Å². The Bertz CT molecular complexity index is 842. The van der Waals surface area contributed by atoms with E-state index in [4.69, 9.17) is 0 Å². The summed E-state index contributed by atoms with van der Waals surface area (Å²) in [6, 6.07) is 13.7. The van der Waals surface area contributed by atoms with E-state index in [1.807, 2.05) is 19.1 Å². The van der Waals surface area contributed by atoms with Crippen molar-refractivity contribution in [2.45, 2.75) is 32.4 Å². The molecule has 1 aliphatic rings. The molecule has 5 heteroatoms. The van der Waals surface area contributed by atoms with Crippen LogP contribution in [0.4, 0.5) is 4.39 Å². The Morgan fingerprint density at radius 1 is 1.19 bits per heavy atom. The summed E-state index contributed by atoms with van der Waals surface area (Å²) in [5.74, 6) is -0.508. The Kier molecular flexibility index (Phi) is 6.01. The van der Waals surface area contributed by atoms with Gasteiger partial charge < -0.3 is 10.2 Å². The van der Waals surface area contributed by atoms with Crippen LogP contribution in [-0.2, 0) is 11.3 Å². The van der Waals surface area contributed by atoms with Crippen molar-refractivity contribution in [3.63, 3.8) is 0 Å². The van der Waals surface area contributed by atoms with Crippen LogP contribution in [0, 0.1) is 5.82 Å². The molecule has 1 fully saturated rings. The summed E-state index contributed by atoms with van der Waals surface area (Å²) in [5.41, 5.74) is 2.21. The molecule has 0 radical (unpaired) electrons. The van der Waals surface area contributed by atoms with Crippen LogP contribution in [0.1, 0.15) is 41.3 Å². The number of carbonyl (C=O) groups excluding carboxylic acids is 2. The van der Waals surface area contributed by atoms with Gasteiger partial charge in [-0.3, -0.25) is 9.59 Å². The highest BCUT2D eigenvalue weighted by Crippen LogP contribution is 2.19. The second-order valence-electron chi connectivity index (χ2n) is 6.69. The molecule has 4 nitrogen and oxygen atoms in total. The lowest BCUT2D eigenvalue weighted by atomic mass is 10.1. The van der Waals surface area contributed by atoms with Crippen molar-refractivity contribution < 1.29 is 14.0 Å². The molecular formula is C22H23FN2O2. The first kappa shape index (κ1) is 18.8. The number of nitrogens with zero attached hydrogens (tertiary/aromatic N) is 1. The number of amides is 2. The first-order valence-corrected chi connectivity index (χ1v) is 9.17. The Morgan fingerprint density at radius 2 is 1.93 bits per heavy atom. The van der Waals surface area contributed by atoms with Gasteiger partial charge in [0.2, 0.25) is 5.91 Å². The molecule has 1 saturated carbocycles. The summed E-state index contributed by atoms with van der Waals surface area (Å²) in [4.78, 5) is 26.0. The molecule has 0 bridgehead atoms. The Labute approximate surface area is 158 Å². The average molecular weight is 366 g/mol. The summed E-state index contributed by atoms with van der Waals surface area (Å²) in [7, 11) is 0. The summed E-state index contributed by atoms with van der Waals surface area (Å²) < 4.78 is 13.3. The van der Waals surface area contributed by atoms with Gasteiger partial charge in [0.1, 0.15) is 5.82 Å². The van der Waals surface area contributed by atoms with Crippen molar-refractivity contribution in [2.75, 3.05) is 6.54 Å². The van der Waals surface area contributed by atoms with Gasteiger partial charge in [0.05, 0.1) is 0 Å². The molecular weight excluding hydrogens is 343 g/mol. The van der Waals surface area contributed by atoms with Crippen LogP contribution in [0.2, 0.25) is 0 Å². The van der Waals surface area contributed by atoms with Crippen LogP contribution in [-0.4, -0.2) is 29.3 Å². The Balaban J connectivity index is 1.59. The first-order valence-electron chi connectivity index (χ1n) is 9.17. The number of benzene rings is 2. The van der Waals surface area contributed by atoms with Crippen LogP contribution in [0.25, 0.3) is 6.08 Å². The van der Waals surface area contributed by atoms with Gasteiger partial charge in [0.15, 0.2) is 0 Å². The number of rotatable bonds is 7. The van der Waals surface area contributed by atoms with Crippen LogP contribution >= 0.6 is 0 Å². The summed E-state index contributed by atoms with van der Waals surface area (Å²) in [6.07, 6.45) is 5.33. The lowest BCUT2D eigenvalue weighted by molar-refractivity contribution is -0.126. The molecule has 140 valence electrons. The second-order valence-corrected chi connectivity index (χ2v) is 6.69. The van der Waals surface area contributed by atoms with Crippen molar-refractivity contribution >= 4 is 17.9 Å². The minimum Gasteiger partial charge on any atom is -0.349 e. The first-order chi connectivity index (χ1) is 13.0. The van der Waals surface area contributed by atoms with E-state index in [2.05, 4.69) is 5.32 Å². The molecule has 27 heavy (non-hydrogen) atoms. The molecule has 0 unspecified atom stereocenters. The van der Waals surface area contributed by atoms with E-state index < -0.39 is 0 Å². The molecule has 0 aliphatic heterocycles. The van der Waals surface area contributed by atoms with E-state index in [0.29, 0.717) is 24.7 Å². The van der Waals surface area contributed by atoms with Gasteiger partial charge in [-0.25, -0.2) is 4.39 Å². The number of halogens is 1. The van der Waals surface area contributed by atoms with Gasteiger partial charge in [-0.15, -0.1) is 0 Å². The molecule has 0 heterocycles. The van der Waals surface area contributed by atoms with Crippen LogP contribution in [0.15, 0.2) is 54.6 Å². The van der Waals surface area contributed by atoms with Gasteiger partial charge in [0.25, 0.3) is 5.91 Å². The van der Waals surface area contributed by atoms with E-state index in [-0.39, 0.29) is 17.6 Å². The third-order valence-electron chi connectivity index (χ3n) is 4.46. The third-order valence-corrected chi connectivity index (χ3v) is 4.46. The quantitative estimate of drug-likeness (QED) is 0.758. The maximum Gasteiger partial charge on any atom is 0.251 e. The maximum absolute atomic E-state index is 13.3. The zero-order chi connectivity index (χ0) is 19.2. The molecule has 3 rings (SSSR count). The zero-order valence-electron chi connectivity index (χ0n) is 15.3. The van der Waals surface area contributed by atoms with Crippen molar-refractivity contribution in [3.8, 4) is 0 Å². The van der Waals surface area contributed by atoms with E-state index in [1.165, 1.54) is 18.2 Å². The fourth-order valence-corrected chi connectivity index (χ4v) is 2.72. The highest BCUT2D eigenvalue weighted by atomic mass is 19.1. The molecule has 0 saturated heterocycles. The average Bonchev–Trinajstić information content (AvgIpc) is 3.48. The van der Waals surface area contributed by atoms with E-state index in [9.17, 15) is 14.0 Å². The summed E-state index contributed by atoms with van der Waals surface area (Å²) in [5, 5.41) is 2.95. The van der Waals surface area contributed by atoms with Crippen molar-refractivity contribution in [2.24, 2.45) is 0 Å². The van der Waals surface area contributed by atoms with Crippen LogP contribution in [0.5, 0.6) is 0 Å². The van der Waals surface area contributed by atoms with Crippen LogP contribution in [0.3, 0.4) is 0 Å². The molecule has 2 aromatic rings. The molecule has 2 amide bonds. The fourth-order valence-electron chi connectivity index (χ4n) is 2.72. The van der Waals surface area contributed by atoms with Gasteiger partial charge in [-0.2, -0.15) is 0 Å². The largest absolute Gasteiger partial charge is 0.349 e. The minimum absolute atomic E-state index is 0.0589. The normalized spacial score (nSPS) is 13.6. The number of hydrogen-bond acceptors (Lipinski definition) is 2. The van der Waals surface area contributed by atoms with Crippen molar-refractivity contribution in [1.29, 1.82) is 0 Å². The van der Waals surface area contributed by atoms with Gasteiger partial charge in [-0.1, -0.05) is 24.3 Å².